The summed E-state index contributed by atoms with van der Waals surface area (Å²) >= 11 is 0. The van der Waals surface area contributed by atoms with Gasteiger partial charge in [0.15, 0.2) is 5.82 Å². The van der Waals surface area contributed by atoms with Crippen LogP contribution in [0, 0.1) is 5.82 Å². The van der Waals surface area contributed by atoms with Gasteiger partial charge < -0.3 is 10.6 Å². The fraction of sp³-hybridized carbons (Fsp3) is 0.333. The minimum atomic E-state index is -0.627. The van der Waals surface area contributed by atoms with Crippen LogP contribution in [0.2, 0.25) is 0 Å². The smallest absolute Gasteiger partial charge is 0.247 e. The molecule has 2 aromatic rings. The van der Waals surface area contributed by atoms with Crippen molar-refractivity contribution >= 4 is 17.5 Å². The summed E-state index contributed by atoms with van der Waals surface area (Å²) in [6.45, 7) is 0. The number of halogens is 1. The van der Waals surface area contributed by atoms with Crippen LogP contribution in [-0.4, -0.2) is 33.0 Å². The molecule has 0 bridgehead atoms. The van der Waals surface area contributed by atoms with E-state index in [0.29, 0.717) is 24.2 Å². The number of anilines is 1. The molecule has 0 saturated carbocycles. The number of H-pyrrole nitrogens is 1. The zero-order chi connectivity index (χ0) is 16.2. The summed E-state index contributed by atoms with van der Waals surface area (Å²) in [6, 6.07) is 3.73. The molecule has 1 aromatic carbocycles. The SMILES string of the molecule is O=C1CCCCC(C(=O)Nc2ccc(-c3ncn[nH]3)cc2F)N1. The molecule has 3 rings (SSSR count). The number of aromatic nitrogens is 3. The van der Waals surface area contributed by atoms with Gasteiger partial charge in [0.2, 0.25) is 11.8 Å². The zero-order valence-corrected chi connectivity index (χ0v) is 12.3. The highest BCUT2D eigenvalue weighted by atomic mass is 19.1. The number of rotatable bonds is 3. The maximum Gasteiger partial charge on any atom is 0.247 e. The number of benzene rings is 1. The van der Waals surface area contributed by atoms with Gasteiger partial charge in [0.25, 0.3) is 0 Å². The third-order valence-corrected chi connectivity index (χ3v) is 3.71. The highest BCUT2D eigenvalue weighted by Gasteiger charge is 2.23. The minimum Gasteiger partial charge on any atom is -0.344 e. The van der Waals surface area contributed by atoms with Gasteiger partial charge in [-0.25, -0.2) is 9.37 Å². The lowest BCUT2D eigenvalue weighted by atomic mass is 10.1. The molecule has 8 heteroatoms. The van der Waals surface area contributed by atoms with E-state index in [1.807, 2.05) is 0 Å². The molecule has 2 amide bonds. The van der Waals surface area contributed by atoms with Crippen LogP contribution in [0.5, 0.6) is 0 Å². The third-order valence-electron chi connectivity index (χ3n) is 3.71. The second-order valence-corrected chi connectivity index (χ2v) is 5.38. The molecular weight excluding hydrogens is 301 g/mol. The van der Waals surface area contributed by atoms with Gasteiger partial charge in [0.05, 0.1) is 5.69 Å². The van der Waals surface area contributed by atoms with Crippen molar-refractivity contribution in [3.63, 3.8) is 0 Å². The topological polar surface area (TPSA) is 99.8 Å². The van der Waals surface area contributed by atoms with E-state index < -0.39 is 17.8 Å². The van der Waals surface area contributed by atoms with Crippen LogP contribution in [0.25, 0.3) is 11.4 Å². The number of nitrogens with one attached hydrogen (secondary N) is 3. The molecule has 1 aliphatic heterocycles. The Morgan fingerprint density at radius 3 is 2.96 bits per heavy atom. The molecule has 1 aromatic heterocycles. The van der Waals surface area contributed by atoms with E-state index in [2.05, 4.69) is 25.8 Å². The average molecular weight is 317 g/mol. The largest absolute Gasteiger partial charge is 0.344 e. The Labute approximate surface area is 131 Å². The highest BCUT2D eigenvalue weighted by Crippen LogP contribution is 2.22. The molecule has 0 spiro atoms. The van der Waals surface area contributed by atoms with E-state index in [1.54, 1.807) is 6.07 Å². The van der Waals surface area contributed by atoms with Crippen molar-refractivity contribution in [2.75, 3.05) is 5.32 Å². The van der Waals surface area contributed by atoms with Gasteiger partial charge in [-0.3, -0.25) is 14.7 Å². The Kier molecular flexibility index (Phi) is 4.31. The first-order chi connectivity index (χ1) is 11.1. The van der Waals surface area contributed by atoms with Crippen molar-refractivity contribution in [1.82, 2.24) is 20.5 Å². The number of carbonyl (C=O) groups excluding carboxylic acids is 2. The monoisotopic (exact) mass is 317 g/mol. The first kappa shape index (κ1) is 15.1. The Balaban J connectivity index is 1.72. The van der Waals surface area contributed by atoms with E-state index in [1.165, 1.54) is 18.5 Å². The van der Waals surface area contributed by atoms with Gasteiger partial charge in [0, 0.05) is 12.0 Å². The van der Waals surface area contributed by atoms with Crippen molar-refractivity contribution < 1.29 is 14.0 Å². The summed E-state index contributed by atoms with van der Waals surface area (Å²) in [7, 11) is 0. The molecule has 1 aliphatic rings. The predicted octanol–water partition coefficient (Wildman–Crippen LogP) is 1.61. The van der Waals surface area contributed by atoms with Crippen LogP contribution in [0.15, 0.2) is 24.5 Å². The number of amides is 2. The molecule has 2 heterocycles. The number of carbonyl (C=O) groups is 2. The van der Waals surface area contributed by atoms with Crippen molar-refractivity contribution in [2.24, 2.45) is 0 Å². The summed E-state index contributed by atoms with van der Waals surface area (Å²) in [5.74, 6) is -0.694. The van der Waals surface area contributed by atoms with Gasteiger partial charge >= 0.3 is 0 Å². The Hall–Kier alpha value is -2.77. The molecule has 1 fully saturated rings. The maximum atomic E-state index is 14.2. The van der Waals surface area contributed by atoms with Crippen LogP contribution in [-0.2, 0) is 9.59 Å². The summed E-state index contributed by atoms with van der Waals surface area (Å²) in [5.41, 5.74) is 0.595. The number of hydrogen-bond acceptors (Lipinski definition) is 4. The molecule has 120 valence electrons. The van der Waals surface area contributed by atoms with Crippen molar-refractivity contribution in [1.29, 1.82) is 0 Å². The van der Waals surface area contributed by atoms with E-state index >= 15 is 0 Å². The first-order valence-electron chi connectivity index (χ1n) is 7.39. The van der Waals surface area contributed by atoms with E-state index in [0.717, 1.165) is 12.8 Å². The molecule has 7 nitrogen and oxygen atoms in total. The summed E-state index contributed by atoms with van der Waals surface area (Å²) in [5, 5.41) is 11.5. The van der Waals surface area contributed by atoms with Crippen LogP contribution < -0.4 is 10.6 Å². The number of nitrogens with zero attached hydrogens (tertiary/aromatic N) is 2. The Bertz CT molecular complexity index is 717. The van der Waals surface area contributed by atoms with Crippen LogP contribution in [0.4, 0.5) is 10.1 Å². The van der Waals surface area contributed by atoms with Gasteiger partial charge in [0.1, 0.15) is 18.2 Å². The summed E-state index contributed by atoms with van der Waals surface area (Å²) in [6.07, 6.45) is 3.84. The number of aromatic amines is 1. The standard InChI is InChI=1S/C15H16FN5O2/c16-10-7-9(14-17-8-18-21-14)5-6-11(10)20-15(23)12-3-1-2-4-13(22)19-12/h5-8,12H,1-4H2,(H,19,22)(H,20,23)(H,17,18,21). The molecule has 1 atom stereocenters. The maximum absolute atomic E-state index is 14.2. The highest BCUT2D eigenvalue weighted by molar-refractivity contribution is 5.97. The lowest BCUT2D eigenvalue weighted by molar-refractivity contribution is -0.126. The molecule has 23 heavy (non-hydrogen) atoms. The van der Waals surface area contributed by atoms with E-state index in [4.69, 9.17) is 0 Å². The summed E-state index contributed by atoms with van der Waals surface area (Å²) in [4.78, 5) is 27.7. The average Bonchev–Trinajstić information content (AvgIpc) is 2.98. The molecule has 0 radical (unpaired) electrons. The third kappa shape index (κ3) is 3.53. The van der Waals surface area contributed by atoms with Gasteiger partial charge in [-0.2, -0.15) is 5.10 Å². The number of hydrogen-bond donors (Lipinski definition) is 3. The van der Waals surface area contributed by atoms with Crippen molar-refractivity contribution in [3.8, 4) is 11.4 Å². The molecule has 1 unspecified atom stereocenters. The fourth-order valence-corrected chi connectivity index (χ4v) is 2.50. The Morgan fingerprint density at radius 2 is 2.22 bits per heavy atom. The normalized spacial score (nSPS) is 18.1. The van der Waals surface area contributed by atoms with E-state index in [9.17, 15) is 14.0 Å². The zero-order valence-electron chi connectivity index (χ0n) is 12.3. The minimum absolute atomic E-state index is 0.0664. The molecule has 3 N–H and O–H groups in total. The van der Waals surface area contributed by atoms with Crippen LogP contribution in [0.3, 0.4) is 0 Å². The van der Waals surface area contributed by atoms with Crippen molar-refractivity contribution in [2.45, 2.75) is 31.7 Å². The lowest BCUT2D eigenvalue weighted by Crippen LogP contribution is -2.42. The predicted molar refractivity (Wildman–Crippen MR) is 80.8 cm³/mol. The van der Waals surface area contributed by atoms with E-state index in [-0.39, 0.29) is 11.6 Å². The van der Waals surface area contributed by atoms with Crippen LogP contribution in [0.1, 0.15) is 25.7 Å². The Morgan fingerprint density at radius 1 is 1.35 bits per heavy atom. The molecule has 1 saturated heterocycles. The quantitative estimate of drug-likeness (QED) is 0.800. The second kappa shape index (κ2) is 6.55. The van der Waals surface area contributed by atoms with Gasteiger partial charge in [-0.05, 0) is 31.0 Å². The van der Waals surface area contributed by atoms with Crippen molar-refractivity contribution in [3.05, 3.63) is 30.3 Å². The lowest BCUT2D eigenvalue weighted by Gasteiger charge is -2.16. The first-order valence-corrected chi connectivity index (χ1v) is 7.39. The van der Waals surface area contributed by atoms with Crippen LogP contribution >= 0.6 is 0 Å². The van der Waals surface area contributed by atoms with Gasteiger partial charge in [-0.1, -0.05) is 6.42 Å². The fourth-order valence-electron chi connectivity index (χ4n) is 2.50. The van der Waals surface area contributed by atoms with Gasteiger partial charge in [-0.15, -0.1) is 0 Å². The second-order valence-electron chi connectivity index (χ2n) is 5.38. The molecular formula is C15H16FN5O2. The molecule has 0 aliphatic carbocycles. The summed E-state index contributed by atoms with van der Waals surface area (Å²) < 4.78 is 14.2.